The zero-order valence-corrected chi connectivity index (χ0v) is 12.6. The first kappa shape index (κ1) is 13.9. The highest BCUT2D eigenvalue weighted by molar-refractivity contribution is 4.92. The molecular formula is C16H27N3O. The predicted molar refractivity (Wildman–Crippen MR) is 81.0 cm³/mol. The van der Waals surface area contributed by atoms with Crippen LogP contribution in [0.15, 0.2) is 17.2 Å². The second-order valence-electron chi connectivity index (χ2n) is 6.43. The Morgan fingerprint density at radius 3 is 2.60 bits per heavy atom. The van der Waals surface area contributed by atoms with E-state index < -0.39 is 0 Å². The van der Waals surface area contributed by atoms with Gasteiger partial charge in [-0.05, 0) is 38.1 Å². The Balaban J connectivity index is 1.70. The van der Waals surface area contributed by atoms with Crippen LogP contribution >= 0.6 is 0 Å². The molecule has 1 aromatic rings. The third-order valence-corrected chi connectivity index (χ3v) is 4.89. The van der Waals surface area contributed by atoms with Crippen LogP contribution in [0.1, 0.15) is 57.9 Å². The van der Waals surface area contributed by atoms with Gasteiger partial charge < -0.3 is 5.32 Å². The van der Waals surface area contributed by atoms with Crippen molar-refractivity contribution in [2.45, 2.75) is 70.5 Å². The summed E-state index contributed by atoms with van der Waals surface area (Å²) < 4.78 is 3.84. The van der Waals surface area contributed by atoms with Gasteiger partial charge in [-0.15, -0.1) is 0 Å². The number of aromatic nitrogens is 2. The number of hydrogen-bond donors (Lipinski definition) is 1. The summed E-state index contributed by atoms with van der Waals surface area (Å²) in [7, 11) is 0. The molecule has 4 heteroatoms. The van der Waals surface area contributed by atoms with Crippen molar-refractivity contribution in [1.82, 2.24) is 14.5 Å². The van der Waals surface area contributed by atoms with Crippen molar-refractivity contribution in [3.8, 4) is 0 Å². The van der Waals surface area contributed by atoms with Crippen molar-refractivity contribution in [3.63, 3.8) is 0 Å². The van der Waals surface area contributed by atoms with E-state index in [0.29, 0.717) is 12.1 Å². The maximum absolute atomic E-state index is 12.4. The molecule has 1 unspecified atom stereocenters. The van der Waals surface area contributed by atoms with E-state index in [1.165, 1.54) is 44.9 Å². The molecule has 2 aliphatic rings. The van der Waals surface area contributed by atoms with Gasteiger partial charge in [-0.3, -0.25) is 9.13 Å². The van der Waals surface area contributed by atoms with Crippen LogP contribution in [0.4, 0.5) is 0 Å². The van der Waals surface area contributed by atoms with Crippen LogP contribution in [0, 0.1) is 5.92 Å². The van der Waals surface area contributed by atoms with Crippen LogP contribution in [-0.4, -0.2) is 21.7 Å². The van der Waals surface area contributed by atoms with Gasteiger partial charge in [0.2, 0.25) is 0 Å². The molecule has 1 heterocycles. The Labute approximate surface area is 121 Å². The van der Waals surface area contributed by atoms with Crippen LogP contribution in [0.5, 0.6) is 0 Å². The lowest BCUT2D eigenvalue weighted by Gasteiger charge is -2.31. The third-order valence-electron chi connectivity index (χ3n) is 4.89. The molecule has 0 radical (unpaired) electrons. The lowest BCUT2D eigenvalue weighted by Crippen LogP contribution is -2.42. The average Bonchev–Trinajstić information content (AvgIpc) is 3.25. The van der Waals surface area contributed by atoms with Gasteiger partial charge in [-0.1, -0.05) is 26.2 Å². The number of hydrogen-bond acceptors (Lipinski definition) is 2. The molecule has 0 aliphatic heterocycles. The maximum atomic E-state index is 12.4. The molecule has 3 rings (SSSR count). The Morgan fingerprint density at radius 2 is 1.95 bits per heavy atom. The number of imidazole rings is 1. The molecular weight excluding hydrogens is 250 g/mol. The van der Waals surface area contributed by atoms with E-state index >= 15 is 0 Å². The lowest BCUT2D eigenvalue weighted by molar-refractivity contribution is 0.248. The highest BCUT2D eigenvalue weighted by atomic mass is 16.1. The van der Waals surface area contributed by atoms with Gasteiger partial charge in [-0.2, -0.15) is 0 Å². The van der Waals surface area contributed by atoms with Gasteiger partial charge in [-0.25, -0.2) is 4.79 Å². The highest BCUT2D eigenvalue weighted by Crippen LogP contribution is 2.33. The van der Waals surface area contributed by atoms with Crippen molar-refractivity contribution in [2.24, 2.45) is 5.92 Å². The smallest absolute Gasteiger partial charge is 0.312 e. The Bertz CT molecular complexity index is 480. The normalized spacial score (nSPS) is 22.1. The molecule has 1 N–H and O–H groups in total. The summed E-state index contributed by atoms with van der Waals surface area (Å²) in [4.78, 5) is 12.4. The summed E-state index contributed by atoms with van der Waals surface area (Å²) in [6, 6.07) is 0.934. The second-order valence-corrected chi connectivity index (χ2v) is 6.43. The van der Waals surface area contributed by atoms with E-state index in [-0.39, 0.29) is 5.69 Å². The second kappa shape index (κ2) is 6.17. The fourth-order valence-electron chi connectivity index (χ4n) is 3.59. The molecule has 112 valence electrons. The summed E-state index contributed by atoms with van der Waals surface area (Å²) in [6.07, 6.45) is 13.0. The largest absolute Gasteiger partial charge is 0.328 e. The minimum atomic E-state index is 0.186. The Kier molecular flexibility index (Phi) is 4.29. The van der Waals surface area contributed by atoms with E-state index in [4.69, 9.17) is 0 Å². The van der Waals surface area contributed by atoms with Gasteiger partial charge in [0.1, 0.15) is 0 Å². The first-order chi connectivity index (χ1) is 9.79. The molecule has 1 atom stereocenters. The minimum Gasteiger partial charge on any atom is -0.312 e. The molecule has 2 saturated carbocycles. The number of likely N-dealkylation sites (N-methyl/N-ethyl adjacent to an activating group) is 1. The average molecular weight is 277 g/mol. The van der Waals surface area contributed by atoms with Crippen molar-refractivity contribution < 1.29 is 0 Å². The van der Waals surface area contributed by atoms with E-state index in [2.05, 4.69) is 12.2 Å². The zero-order valence-electron chi connectivity index (χ0n) is 12.6. The lowest BCUT2D eigenvalue weighted by atomic mass is 9.84. The topological polar surface area (TPSA) is 39.0 Å². The summed E-state index contributed by atoms with van der Waals surface area (Å²) in [5.74, 6) is 0.736. The van der Waals surface area contributed by atoms with Crippen LogP contribution < -0.4 is 11.0 Å². The van der Waals surface area contributed by atoms with Crippen LogP contribution in [0.3, 0.4) is 0 Å². The number of rotatable bonds is 6. The Morgan fingerprint density at radius 1 is 1.20 bits per heavy atom. The first-order valence-electron chi connectivity index (χ1n) is 8.30. The van der Waals surface area contributed by atoms with E-state index in [1.54, 1.807) is 0 Å². The molecule has 0 amide bonds. The van der Waals surface area contributed by atoms with Crippen molar-refractivity contribution in [2.75, 3.05) is 6.54 Å². The van der Waals surface area contributed by atoms with Gasteiger partial charge in [0.25, 0.3) is 0 Å². The molecule has 4 nitrogen and oxygen atoms in total. The SMILES string of the molecule is CCNC(Cn1ccn(C2CC2)c1=O)C1CCCCC1. The Hall–Kier alpha value is -1.03. The monoisotopic (exact) mass is 277 g/mol. The van der Waals surface area contributed by atoms with E-state index in [1.807, 2.05) is 21.5 Å². The number of nitrogens with zero attached hydrogens (tertiary/aromatic N) is 2. The number of nitrogens with one attached hydrogen (secondary N) is 1. The van der Waals surface area contributed by atoms with Crippen molar-refractivity contribution >= 4 is 0 Å². The van der Waals surface area contributed by atoms with Gasteiger partial charge in [0.05, 0.1) is 0 Å². The minimum absolute atomic E-state index is 0.186. The van der Waals surface area contributed by atoms with Gasteiger partial charge >= 0.3 is 5.69 Å². The van der Waals surface area contributed by atoms with Crippen LogP contribution in [-0.2, 0) is 6.54 Å². The molecule has 0 saturated heterocycles. The van der Waals surface area contributed by atoms with Crippen molar-refractivity contribution in [1.29, 1.82) is 0 Å². The molecule has 0 bridgehead atoms. The van der Waals surface area contributed by atoms with Crippen LogP contribution in [0.2, 0.25) is 0 Å². The maximum Gasteiger partial charge on any atom is 0.328 e. The fraction of sp³-hybridized carbons (Fsp3) is 0.812. The van der Waals surface area contributed by atoms with Crippen molar-refractivity contribution in [3.05, 3.63) is 22.9 Å². The fourth-order valence-corrected chi connectivity index (χ4v) is 3.59. The van der Waals surface area contributed by atoms with Crippen LogP contribution in [0.25, 0.3) is 0 Å². The summed E-state index contributed by atoms with van der Waals surface area (Å²) in [6.45, 7) is 3.98. The quantitative estimate of drug-likeness (QED) is 0.868. The molecule has 0 spiro atoms. The third kappa shape index (κ3) is 3.00. The molecule has 2 aliphatic carbocycles. The summed E-state index contributed by atoms with van der Waals surface area (Å²) in [5.41, 5.74) is 0.186. The zero-order chi connectivity index (χ0) is 13.9. The van der Waals surface area contributed by atoms with E-state index in [0.717, 1.165) is 19.0 Å². The van der Waals surface area contributed by atoms with Gasteiger partial charge in [0, 0.05) is 31.0 Å². The predicted octanol–water partition coefficient (Wildman–Crippen LogP) is 2.54. The molecule has 20 heavy (non-hydrogen) atoms. The standard InChI is InChI=1S/C16H27N3O/c1-2-17-15(13-6-4-3-5-7-13)12-18-10-11-19(16(18)20)14-8-9-14/h10-11,13-15,17H,2-9,12H2,1H3. The highest BCUT2D eigenvalue weighted by Gasteiger charge is 2.27. The summed E-state index contributed by atoms with van der Waals surface area (Å²) >= 11 is 0. The van der Waals surface area contributed by atoms with E-state index in [9.17, 15) is 4.79 Å². The summed E-state index contributed by atoms with van der Waals surface area (Å²) in [5, 5.41) is 3.61. The molecule has 0 aromatic carbocycles. The molecule has 1 aromatic heterocycles. The van der Waals surface area contributed by atoms with Gasteiger partial charge in [0.15, 0.2) is 0 Å². The first-order valence-corrected chi connectivity index (χ1v) is 8.30. The molecule has 2 fully saturated rings.